The number of carbonyl (C=O) groups excluding carboxylic acids is 3. The highest BCUT2D eigenvalue weighted by Crippen LogP contribution is 2.16. The van der Waals surface area contributed by atoms with Gasteiger partial charge in [0.2, 0.25) is 0 Å². The number of nitriles is 1. The van der Waals surface area contributed by atoms with Crippen LogP contribution in [0.5, 0.6) is 0 Å². The van der Waals surface area contributed by atoms with E-state index in [0.717, 1.165) is 6.92 Å². The number of esters is 2. The quantitative estimate of drug-likeness (QED) is 0.495. The Bertz CT molecular complexity index is 344. The van der Waals surface area contributed by atoms with Gasteiger partial charge in [-0.25, -0.2) is 0 Å². The van der Waals surface area contributed by atoms with Gasteiger partial charge >= 0.3 is 11.9 Å². The van der Waals surface area contributed by atoms with E-state index < -0.39 is 29.6 Å². The highest BCUT2D eigenvalue weighted by atomic mass is 16.5. The van der Waals surface area contributed by atoms with Crippen LogP contribution in [0.15, 0.2) is 0 Å². The molecule has 0 N–H and O–H groups in total. The molecule has 17 heavy (non-hydrogen) atoms. The average molecular weight is 241 g/mol. The van der Waals surface area contributed by atoms with Crippen LogP contribution in [0, 0.1) is 23.2 Å². The van der Waals surface area contributed by atoms with Crippen LogP contribution in [0.2, 0.25) is 0 Å². The molecule has 94 valence electrons. The first-order valence-electron chi connectivity index (χ1n) is 5.22. The molecule has 0 radical (unpaired) electrons. The second-order valence-corrected chi connectivity index (χ2v) is 3.20. The molecule has 0 bridgehead atoms. The summed E-state index contributed by atoms with van der Waals surface area (Å²) in [6, 6.07) is 1.61. The van der Waals surface area contributed by atoms with Crippen LogP contribution in [0.25, 0.3) is 0 Å². The number of ketones is 1. The van der Waals surface area contributed by atoms with Crippen molar-refractivity contribution in [3.8, 4) is 6.07 Å². The summed E-state index contributed by atoms with van der Waals surface area (Å²) < 4.78 is 9.29. The minimum atomic E-state index is -1.45. The van der Waals surface area contributed by atoms with Gasteiger partial charge in [0.05, 0.1) is 19.3 Å². The number of nitrogens with zero attached hydrogens (tertiary/aromatic N) is 1. The fraction of sp³-hybridized carbons (Fsp3) is 0.636. The Hall–Kier alpha value is -1.90. The summed E-state index contributed by atoms with van der Waals surface area (Å²) in [5.41, 5.74) is 0. The molecule has 6 nitrogen and oxygen atoms in total. The summed E-state index contributed by atoms with van der Waals surface area (Å²) in [5, 5.41) is 8.85. The molecular weight excluding hydrogens is 226 g/mol. The molecule has 2 atom stereocenters. The van der Waals surface area contributed by atoms with Crippen molar-refractivity contribution in [1.82, 2.24) is 0 Å². The normalized spacial score (nSPS) is 13.1. The zero-order valence-corrected chi connectivity index (χ0v) is 10.1. The second-order valence-electron chi connectivity index (χ2n) is 3.20. The van der Waals surface area contributed by atoms with Gasteiger partial charge in [-0.3, -0.25) is 14.4 Å². The summed E-state index contributed by atoms with van der Waals surface area (Å²) in [4.78, 5) is 34.2. The molecule has 0 saturated carbocycles. The van der Waals surface area contributed by atoms with Crippen molar-refractivity contribution in [3.63, 3.8) is 0 Å². The molecule has 0 spiro atoms. The number of rotatable bonds is 6. The van der Waals surface area contributed by atoms with Gasteiger partial charge in [0.1, 0.15) is 11.7 Å². The first-order valence-corrected chi connectivity index (χ1v) is 5.22. The van der Waals surface area contributed by atoms with E-state index in [1.54, 1.807) is 19.9 Å². The van der Waals surface area contributed by atoms with Crippen molar-refractivity contribution in [2.45, 2.75) is 20.8 Å². The number of hydrogen-bond donors (Lipinski definition) is 0. The van der Waals surface area contributed by atoms with Crippen LogP contribution >= 0.6 is 0 Å². The third-order valence-corrected chi connectivity index (χ3v) is 1.99. The minimum Gasteiger partial charge on any atom is -0.465 e. The fourth-order valence-electron chi connectivity index (χ4n) is 1.26. The molecule has 0 unspecified atom stereocenters. The number of carbonyl (C=O) groups is 3. The van der Waals surface area contributed by atoms with Gasteiger partial charge in [-0.1, -0.05) is 0 Å². The molecule has 0 fully saturated rings. The van der Waals surface area contributed by atoms with Gasteiger partial charge in [0.25, 0.3) is 0 Å². The summed E-state index contributed by atoms with van der Waals surface area (Å²) in [5.74, 6) is -5.23. The second kappa shape index (κ2) is 7.39. The summed E-state index contributed by atoms with van der Waals surface area (Å²) in [6.07, 6.45) is 0. The van der Waals surface area contributed by atoms with Crippen molar-refractivity contribution in [3.05, 3.63) is 0 Å². The molecule has 0 aliphatic heterocycles. The highest BCUT2D eigenvalue weighted by Gasteiger charge is 2.39. The standard InChI is InChI=1S/C11H15NO5/c1-4-16-10(14)8(6-12)9(7(3)13)11(15)17-5-2/h8-9H,4-5H2,1-3H3/t8-,9-/m0/s1. The minimum absolute atomic E-state index is 0.0730. The Kier molecular flexibility index (Phi) is 6.56. The average Bonchev–Trinajstić information content (AvgIpc) is 2.25. The lowest BCUT2D eigenvalue weighted by atomic mass is 9.90. The van der Waals surface area contributed by atoms with E-state index in [1.807, 2.05) is 0 Å². The Morgan fingerprint density at radius 3 is 1.94 bits per heavy atom. The zero-order chi connectivity index (χ0) is 13.4. The Labute approximate surface area is 99.5 Å². The Morgan fingerprint density at radius 2 is 1.59 bits per heavy atom. The Morgan fingerprint density at radius 1 is 1.12 bits per heavy atom. The van der Waals surface area contributed by atoms with Crippen LogP contribution in [0.3, 0.4) is 0 Å². The van der Waals surface area contributed by atoms with E-state index in [-0.39, 0.29) is 13.2 Å². The van der Waals surface area contributed by atoms with E-state index >= 15 is 0 Å². The lowest BCUT2D eigenvalue weighted by Gasteiger charge is -2.16. The lowest BCUT2D eigenvalue weighted by molar-refractivity contribution is -0.160. The first-order chi connectivity index (χ1) is 7.99. The van der Waals surface area contributed by atoms with Crippen molar-refractivity contribution in [2.75, 3.05) is 13.2 Å². The maximum absolute atomic E-state index is 11.5. The third kappa shape index (κ3) is 4.23. The SMILES string of the molecule is CCOC(=O)[C@@H](C(C)=O)[C@H](C#N)C(=O)OCC. The summed E-state index contributed by atoms with van der Waals surface area (Å²) in [6.45, 7) is 4.42. The molecule has 0 rings (SSSR count). The molecule has 0 aromatic heterocycles. The number of Topliss-reactive ketones (excluding diaryl/α,β-unsaturated/α-hetero) is 1. The number of hydrogen-bond acceptors (Lipinski definition) is 6. The highest BCUT2D eigenvalue weighted by molar-refractivity contribution is 6.02. The molecular formula is C11H15NO5. The summed E-state index contributed by atoms with van der Waals surface area (Å²) >= 11 is 0. The predicted molar refractivity (Wildman–Crippen MR) is 56.5 cm³/mol. The van der Waals surface area contributed by atoms with Crippen LogP contribution in [-0.2, 0) is 23.9 Å². The van der Waals surface area contributed by atoms with Crippen molar-refractivity contribution in [1.29, 1.82) is 5.26 Å². The van der Waals surface area contributed by atoms with Gasteiger partial charge < -0.3 is 9.47 Å². The smallest absolute Gasteiger partial charge is 0.324 e. The molecule has 6 heteroatoms. The van der Waals surface area contributed by atoms with Gasteiger partial charge in [0.15, 0.2) is 5.92 Å². The first kappa shape index (κ1) is 15.1. The number of ether oxygens (including phenoxy) is 2. The third-order valence-electron chi connectivity index (χ3n) is 1.99. The fourth-order valence-corrected chi connectivity index (χ4v) is 1.26. The lowest BCUT2D eigenvalue weighted by Crippen LogP contribution is -2.36. The molecule has 0 heterocycles. The van der Waals surface area contributed by atoms with Gasteiger partial charge in [0, 0.05) is 0 Å². The van der Waals surface area contributed by atoms with E-state index in [2.05, 4.69) is 9.47 Å². The van der Waals surface area contributed by atoms with Crippen molar-refractivity contribution < 1.29 is 23.9 Å². The van der Waals surface area contributed by atoms with E-state index in [4.69, 9.17) is 5.26 Å². The predicted octanol–water partition coefficient (Wildman–Crippen LogP) is 0.458. The van der Waals surface area contributed by atoms with Gasteiger partial charge in [-0.15, -0.1) is 0 Å². The molecule has 0 aromatic rings. The van der Waals surface area contributed by atoms with Crippen LogP contribution < -0.4 is 0 Å². The van der Waals surface area contributed by atoms with Crippen molar-refractivity contribution >= 4 is 17.7 Å². The molecule has 0 amide bonds. The van der Waals surface area contributed by atoms with Crippen molar-refractivity contribution in [2.24, 2.45) is 11.8 Å². The van der Waals surface area contributed by atoms with E-state index in [9.17, 15) is 14.4 Å². The van der Waals surface area contributed by atoms with E-state index in [1.165, 1.54) is 0 Å². The molecule has 0 aromatic carbocycles. The maximum atomic E-state index is 11.5. The monoisotopic (exact) mass is 241 g/mol. The topological polar surface area (TPSA) is 93.5 Å². The van der Waals surface area contributed by atoms with Gasteiger partial charge in [-0.05, 0) is 20.8 Å². The molecule has 0 aliphatic rings. The largest absolute Gasteiger partial charge is 0.465 e. The molecule has 0 aliphatic carbocycles. The van der Waals surface area contributed by atoms with Gasteiger partial charge in [-0.2, -0.15) is 5.26 Å². The maximum Gasteiger partial charge on any atom is 0.324 e. The summed E-state index contributed by atoms with van der Waals surface area (Å²) in [7, 11) is 0. The zero-order valence-electron chi connectivity index (χ0n) is 10.1. The van der Waals surface area contributed by atoms with Crippen LogP contribution in [-0.4, -0.2) is 30.9 Å². The van der Waals surface area contributed by atoms with E-state index in [0.29, 0.717) is 0 Å². The Balaban J connectivity index is 5.02. The molecule has 0 saturated heterocycles. The van der Waals surface area contributed by atoms with Crippen LogP contribution in [0.1, 0.15) is 20.8 Å². The van der Waals surface area contributed by atoms with Crippen LogP contribution in [0.4, 0.5) is 0 Å².